The molecule has 2 heteroatoms. The van der Waals surface area contributed by atoms with E-state index in [-0.39, 0.29) is 5.60 Å². The molecule has 0 radical (unpaired) electrons. The average Bonchev–Trinajstić information content (AvgIpc) is 2.31. The van der Waals surface area contributed by atoms with Crippen molar-refractivity contribution in [2.75, 3.05) is 6.61 Å². The summed E-state index contributed by atoms with van der Waals surface area (Å²) in [7, 11) is 0. The number of ether oxygens (including phenoxy) is 1. The third-order valence-corrected chi connectivity index (χ3v) is 2.82. The normalized spacial score (nSPS) is 30.5. The fraction of sp³-hybridized carbons (Fsp3) is 1.00. The Kier molecular flexibility index (Phi) is 3.13. The van der Waals surface area contributed by atoms with E-state index in [1.165, 1.54) is 6.42 Å². The highest BCUT2D eigenvalue weighted by molar-refractivity contribution is 4.91. The number of nitrogens with one attached hydrogen (secondary N) is 1. The van der Waals surface area contributed by atoms with E-state index in [0.717, 1.165) is 13.0 Å². The standard InChI is InChI=1S/C10H21NO/c1-5-8(2)11-9-6-7-12-10(9,3)4/h8-9,11H,5-7H2,1-4H3. The zero-order valence-corrected chi connectivity index (χ0v) is 8.68. The summed E-state index contributed by atoms with van der Waals surface area (Å²) in [6.45, 7) is 9.68. The zero-order valence-electron chi connectivity index (χ0n) is 8.68. The van der Waals surface area contributed by atoms with Crippen LogP contribution in [0.3, 0.4) is 0 Å². The van der Waals surface area contributed by atoms with Crippen LogP contribution in [0.4, 0.5) is 0 Å². The summed E-state index contributed by atoms with van der Waals surface area (Å²) in [5.41, 5.74) is 0.0312. The largest absolute Gasteiger partial charge is 0.374 e. The van der Waals surface area contributed by atoms with Crippen LogP contribution in [0.5, 0.6) is 0 Å². The maximum Gasteiger partial charge on any atom is 0.0779 e. The zero-order chi connectivity index (χ0) is 9.19. The molecule has 1 aliphatic heterocycles. The van der Waals surface area contributed by atoms with Crippen molar-refractivity contribution in [2.45, 2.75) is 58.2 Å². The third kappa shape index (κ3) is 2.20. The van der Waals surface area contributed by atoms with Gasteiger partial charge in [0.2, 0.25) is 0 Å². The van der Waals surface area contributed by atoms with E-state index in [4.69, 9.17) is 4.74 Å². The first-order valence-corrected chi connectivity index (χ1v) is 4.96. The van der Waals surface area contributed by atoms with Crippen molar-refractivity contribution < 1.29 is 4.74 Å². The topological polar surface area (TPSA) is 21.3 Å². The van der Waals surface area contributed by atoms with Crippen molar-refractivity contribution in [3.05, 3.63) is 0 Å². The van der Waals surface area contributed by atoms with Gasteiger partial charge in [0.25, 0.3) is 0 Å². The van der Waals surface area contributed by atoms with Crippen LogP contribution in [0, 0.1) is 0 Å². The Morgan fingerprint density at radius 3 is 2.67 bits per heavy atom. The molecule has 0 aromatic rings. The summed E-state index contributed by atoms with van der Waals surface area (Å²) < 4.78 is 5.64. The third-order valence-electron chi connectivity index (χ3n) is 2.82. The molecule has 0 aromatic carbocycles. The average molecular weight is 171 g/mol. The molecule has 0 spiro atoms. The molecule has 1 N–H and O–H groups in total. The molecule has 72 valence electrons. The molecule has 0 aliphatic carbocycles. The van der Waals surface area contributed by atoms with Gasteiger partial charge in [0.1, 0.15) is 0 Å². The molecule has 12 heavy (non-hydrogen) atoms. The van der Waals surface area contributed by atoms with Crippen molar-refractivity contribution >= 4 is 0 Å². The van der Waals surface area contributed by atoms with E-state index in [1.807, 2.05) is 0 Å². The van der Waals surface area contributed by atoms with Crippen molar-refractivity contribution in [2.24, 2.45) is 0 Å². The van der Waals surface area contributed by atoms with Crippen LogP contribution in [0.25, 0.3) is 0 Å². The van der Waals surface area contributed by atoms with Gasteiger partial charge < -0.3 is 10.1 Å². The van der Waals surface area contributed by atoms with Crippen molar-refractivity contribution in [3.8, 4) is 0 Å². The highest BCUT2D eigenvalue weighted by atomic mass is 16.5. The number of hydrogen-bond acceptors (Lipinski definition) is 2. The molecule has 0 bridgehead atoms. The van der Waals surface area contributed by atoms with Crippen molar-refractivity contribution in [1.82, 2.24) is 5.32 Å². The molecule has 0 aromatic heterocycles. The minimum Gasteiger partial charge on any atom is -0.374 e. The summed E-state index contributed by atoms with van der Waals surface area (Å²) in [5.74, 6) is 0. The van der Waals surface area contributed by atoms with E-state index in [9.17, 15) is 0 Å². The Hall–Kier alpha value is -0.0800. The molecular formula is C10H21NO. The fourth-order valence-electron chi connectivity index (χ4n) is 1.63. The lowest BCUT2D eigenvalue weighted by atomic mass is 9.98. The Bertz CT molecular complexity index is 145. The van der Waals surface area contributed by atoms with Crippen LogP contribution < -0.4 is 5.32 Å². The minimum atomic E-state index is 0.0312. The first kappa shape index (κ1) is 10.0. The first-order valence-electron chi connectivity index (χ1n) is 4.96. The van der Waals surface area contributed by atoms with Gasteiger partial charge in [0.05, 0.1) is 5.60 Å². The SMILES string of the molecule is CCC(C)NC1CCOC1(C)C. The quantitative estimate of drug-likeness (QED) is 0.700. The van der Waals surface area contributed by atoms with Crippen LogP contribution in [-0.2, 0) is 4.74 Å². The van der Waals surface area contributed by atoms with E-state index in [0.29, 0.717) is 12.1 Å². The predicted molar refractivity (Wildman–Crippen MR) is 51.3 cm³/mol. The predicted octanol–water partition coefficient (Wildman–Crippen LogP) is 1.94. The molecule has 1 aliphatic rings. The summed E-state index contributed by atoms with van der Waals surface area (Å²) in [4.78, 5) is 0. The lowest BCUT2D eigenvalue weighted by Gasteiger charge is -2.29. The molecule has 2 unspecified atom stereocenters. The Labute approximate surface area is 75.7 Å². The Morgan fingerprint density at radius 2 is 2.25 bits per heavy atom. The first-order chi connectivity index (χ1) is 5.56. The van der Waals surface area contributed by atoms with Gasteiger partial charge in [-0.1, -0.05) is 6.92 Å². The molecule has 2 nitrogen and oxygen atoms in total. The molecule has 1 fully saturated rings. The molecule has 1 saturated heterocycles. The van der Waals surface area contributed by atoms with Crippen LogP contribution in [-0.4, -0.2) is 24.3 Å². The van der Waals surface area contributed by atoms with Gasteiger partial charge in [0, 0.05) is 18.7 Å². The van der Waals surface area contributed by atoms with Gasteiger partial charge in [0.15, 0.2) is 0 Å². The second kappa shape index (κ2) is 3.75. The van der Waals surface area contributed by atoms with Crippen LogP contribution in [0.15, 0.2) is 0 Å². The van der Waals surface area contributed by atoms with E-state index >= 15 is 0 Å². The summed E-state index contributed by atoms with van der Waals surface area (Å²) in [6.07, 6.45) is 2.34. The second-order valence-corrected chi connectivity index (χ2v) is 4.27. The lowest BCUT2D eigenvalue weighted by molar-refractivity contribution is 0.0198. The van der Waals surface area contributed by atoms with E-state index < -0.39 is 0 Å². The Morgan fingerprint density at radius 1 is 1.58 bits per heavy atom. The number of rotatable bonds is 3. The summed E-state index contributed by atoms with van der Waals surface area (Å²) in [6, 6.07) is 1.14. The van der Waals surface area contributed by atoms with Gasteiger partial charge in [-0.2, -0.15) is 0 Å². The molecule has 1 heterocycles. The highest BCUT2D eigenvalue weighted by Gasteiger charge is 2.35. The van der Waals surface area contributed by atoms with Gasteiger partial charge in [-0.05, 0) is 33.6 Å². The monoisotopic (exact) mass is 171 g/mol. The van der Waals surface area contributed by atoms with Crippen LogP contribution in [0.2, 0.25) is 0 Å². The molecule has 1 rings (SSSR count). The second-order valence-electron chi connectivity index (χ2n) is 4.27. The van der Waals surface area contributed by atoms with Gasteiger partial charge in [-0.25, -0.2) is 0 Å². The maximum atomic E-state index is 5.64. The smallest absolute Gasteiger partial charge is 0.0779 e. The fourth-order valence-corrected chi connectivity index (χ4v) is 1.63. The summed E-state index contributed by atoms with van der Waals surface area (Å²) in [5, 5.41) is 3.59. The van der Waals surface area contributed by atoms with Crippen molar-refractivity contribution in [3.63, 3.8) is 0 Å². The maximum absolute atomic E-state index is 5.64. The highest BCUT2D eigenvalue weighted by Crippen LogP contribution is 2.25. The number of hydrogen-bond donors (Lipinski definition) is 1. The molecular weight excluding hydrogens is 150 g/mol. The van der Waals surface area contributed by atoms with Crippen LogP contribution >= 0.6 is 0 Å². The van der Waals surface area contributed by atoms with Crippen LogP contribution in [0.1, 0.15) is 40.5 Å². The van der Waals surface area contributed by atoms with Crippen molar-refractivity contribution in [1.29, 1.82) is 0 Å². The summed E-state index contributed by atoms with van der Waals surface area (Å²) >= 11 is 0. The minimum absolute atomic E-state index is 0.0312. The molecule has 2 atom stereocenters. The van der Waals surface area contributed by atoms with Gasteiger partial charge >= 0.3 is 0 Å². The van der Waals surface area contributed by atoms with Gasteiger partial charge in [-0.3, -0.25) is 0 Å². The Balaban J connectivity index is 2.41. The molecule has 0 amide bonds. The van der Waals surface area contributed by atoms with E-state index in [1.54, 1.807) is 0 Å². The lowest BCUT2D eigenvalue weighted by Crippen LogP contribution is -2.46. The van der Waals surface area contributed by atoms with Gasteiger partial charge in [-0.15, -0.1) is 0 Å². The van der Waals surface area contributed by atoms with E-state index in [2.05, 4.69) is 33.0 Å². The molecule has 0 saturated carbocycles.